The third-order valence-electron chi connectivity index (χ3n) is 5.01. The second kappa shape index (κ2) is 7.85. The van der Waals surface area contributed by atoms with Crippen molar-refractivity contribution in [1.29, 1.82) is 0 Å². The molecule has 2 heterocycles. The first-order valence-electron chi connectivity index (χ1n) is 9.54. The van der Waals surface area contributed by atoms with E-state index in [1.165, 1.54) is 25.5 Å². The molecule has 0 unspecified atom stereocenters. The summed E-state index contributed by atoms with van der Waals surface area (Å²) in [5.41, 5.74) is 4.73. The van der Waals surface area contributed by atoms with Gasteiger partial charge < -0.3 is 4.90 Å². The second-order valence-corrected chi connectivity index (χ2v) is 9.11. The fraction of sp³-hybridized carbons (Fsp3) is 0.333. The van der Waals surface area contributed by atoms with Crippen LogP contribution in [0.4, 0.5) is 5.82 Å². The lowest BCUT2D eigenvalue weighted by Gasteiger charge is -2.27. The van der Waals surface area contributed by atoms with Gasteiger partial charge in [0.15, 0.2) is 0 Å². The van der Waals surface area contributed by atoms with Crippen molar-refractivity contribution in [3.05, 3.63) is 54.2 Å². The Morgan fingerprint density at radius 3 is 2.57 bits per heavy atom. The van der Waals surface area contributed by atoms with E-state index in [1.807, 2.05) is 42.6 Å². The van der Waals surface area contributed by atoms with Gasteiger partial charge in [-0.05, 0) is 54.2 Å². The third kappa shape index (κ3) is 4.48. The maximum absolute atomic E-state index is 11.3. The summed E-state index contributed by atoms with van der Waals surface area (Å²) in [5.74, 6) is 0.940. The Kier molecular flexibility index (Phi) is 5.28. The number of hydrogen-bond acceptors (Lipinski definition) is 5. The number of aromatic nitrogens is 2. The van der Waals surface area contributed by atoms with E-state index in [9.17, 15) is 8.42 Å². The molecule has 1 saturated heterocycles. The van der Waals surface area contributed by atoms with E-state index in [0.29, 0.717) is 0 Å². The number of piperidine rings is 1. The summed E-state index contributed by atoms with van der Waals surface area (Å²) in [5, 5.41) is 0. The summed E-state index contributed by atoms with van der Waals surface area (Å²) in [6, 6.07) is 13.9. The fourth-order valence-corrected chi connectivity index (χ4v) is 3.96. The van der Waals surface area contributed by atoms with Gasteiger partial charge in [0.2, 0.25) is 10.0 Å². The van der Waals surface area contributed by atoms with E-state index in [2.05, 4.69) is 20.7 Å². The summed E-state index contributed by atoms with van der Waals surface area (Å²) >= 11 is 0. The van der Waals surface area contributed by atoms with Crippen molar-refractivity contribution >= 4 is 26.9 Å². The average molecular weight is 397 g/mol. The van der Waals surface area contributed by atoms with Crippen molar-refractivity contribution in [2.45, 2.75) is 25.8 Å². The molecule has 4 rings (SSSR count). The number of anilines is 1. The molecule has 146 valence electrons. The summed E-state index contributed by atoms with van der Waals surface area (Å²) in [4.78, 5) is 11.7. The Balaban J connectivity index is 1.63. The maximum atomic E-state index is 11.3. The van der Waals surface area contributed by atoms with Gasteiger partial charge in [0.25, 0.3) is 0 Å². The Bertz CT molecular complexity index is 1090. The molecule has 1 aromatic heterocycles. The molecule has 0 amide bonds. The van der Waals surface area contributed by atoms with E-state index >= 15 is 0 Å². The first kappa shape index (κ1) is 18.8. The lowest BCUT2D eigenvalue weighted by atomic mass is 10.0. The van der Waals surface area contributed by atoms with Crippen LogP contribution < -0.4 is 9.62 Å². The number of benzene rings is 2. The van der Waals surface area contributed by atoms with Gasteiger partial charge in [-0.25, -0.2) is 18.1 Å². The highest BCUT2D eigenvalue weighted by molar-refractivity contribution is 7.88. The molecule has 1 aliphatic heterocycles. The first-order chi connectivity index (χ1) is 13.5. The number of hydrogen-bond donors (Lipinski definition) is 1. The van der Waals surface area contributed by atoms with Crippen LogP contribution in [-0.2, 0) is 16.6 Å². The van der Waals surface area contributed by atoms with Crippen LogP contribution in [0.15, 0.2) is 48.7 Å². The van der Waals surface area contributed by atoms with Crippen molar-refractivity contribution in [3.8, 4) is 11.1 Å². The monoisotopic (exact) mass is 396 g/mol. The van der Waals surface area contributed by atoms with Gasteiger partial charge in [-0.15, -0.1) is 0 Å². The molecule has 1 aliphatic rings. The van der Waals surface area contributed by atoms with E-state index < -0.39 is 10.0 Å². The smallest absolute Gasteiger partial charge is 0.209 e. The fourth-order valence-electron chi connectivity index (χ4n) is 3.53. The van der Waals surface area contributed by atoms with Crippen LogP contribution >= 0.6 is 0 Å². The molecule has 28 heavy (non-hydrogen) atoms. The molecule has 0 bridgehead atoms. The van der Waals surface area contributed by atoms with E-state index in [-0.39, 0.29) is 6.54 Å². The molecule has 2 aromatic carbocycles. The molecule has 3 aromatic rings. The topological polar surface area (TPSA) is 75.2 Å². The Hall–Kier alpha value is -2.51. The van der Waals surface area contributed by atoms with Crippen molar-refractivity contribution in [2.24, 2.45) is 0 Å². The highest BCUT2D eigenvalue weighted by Crippen LogP contribution is 2.26. The number of nitrogens with zero attached hydrogens (tertiary/aromatic N) is 3. The average Bonchev–Trinajstić information content (AvgIpc) is 2.72. The van der Waals surface area contributed by atoms with Crippen LogP contribution in [0.3, 0.4) is 0 Å². The molecule has 7 heteroatoms. The molecule has 1 N–H and O–H groups in total. The van der Waals surface area contributed by atoms with Gasteiger partial charge in [0.1, 0.15) is 5.82 Å². The predicted octanol–water partition coefficient (Wildman–Crippen LogP) is 3.34. The van der Waals surface area contributed by atoms with Crippen LogP contribution in [0.2, 0.25) is 0 Å². The van der Waals surface area contributed by atoms with Crippen LogP contribution in [-0.4, -0.2) is 37.7 Å². The standard InChI is InChI=1S/C21H24N4O2S/c1-28(26,27)23-14-16-6-5-7-17(12-16)18-8-9-19-20(13-18)24-21(15-22-19)25-10-3-2-4-11-25/h5-9,12-13,15,23H,2-4,10-11,14H2,1H3. The van der Waals surface area contributed by atoms with Crippen LogP contribution in [0.25, 0.3) is 22.2 Å². The SMILES string of the molecule is CS(=O)(=O)NCc1cccc(-c2ccc3ncc(N4CCCCC4)nc3c2)c1. The van der Waals surface area contributed by atoms with E-state index in [0.717, 1.165) is 46.6 Å². The zero-order valence-electron chi connectivity index (χ0n) is 15.9. The first-order valence-corrected chi connectivity index (χ1v) is 11.4. The van der Waals surface area contributed by atoms with E-state index in [4.69, 9.17) is 4.98 Å². The van der Waals surface area contributed by atoms with Crippen molar-refractivity contribution in [1.82, 2.24) is 14.7 Å². The van der Waals surface area contributed by atoms with Gasteiger partial charge in [-0.2, -0.15) is 0 Å². The van der Waals surface area contributed by atoms with Gasteiger partial charge in [0, 0.05) is 19.6 Å². The molecule has 0 saturated carbocycles. The number of sulfonamides is 1. The minimum atomic E-state index is -3.22. The van der Waals surface area contributed by atoms with Crippen LogP contribution in [0, 0.1) is 0 Å². The van der Waals surface area contributed by atoms with Crippen molar-refractivity contribution < 1.29 is 8.42 Å². The highest BCUT2D eigenvalue weighted by atomic mass is 32.2. The van der Waals surface area contributed by atoms with E-state index in [1.54, 1.807) is 0 Å². The summed E-state index contributed by atoms with van der Waals surface area (Å²) in [6.45, 7) is 2.35. The Morgan fingerprint density at radius 1 is 1.00 bits per heavy atom. The molecular formula is C21H24N4O2S. The third-order valence-corrected chi connectivity index (χ3v) is 5.68. The molecule has 6 nitrogen and oxygen atoms in total. The van der Waals surface area contributed by atoms with Gasteiger partial charge >= 0.3 is 0 Å². The van der Waals surface area contributed by atoms with Crippen LogP contribution in [0.1, 0.15) is 24.8 Å². The molecule has 0 radical (unpaired) electrons. The minimum absolute atomic E-state index is 0.277. The number of fused-ring (bicyclic) bond motifs is 1. The highest BCUT2D eigenvalue weighted by Gasteiger charge is 2.13. The zero-order valence-corrected chi connectivity index (χ0v) is 16.7. The molecule has 1 fully saturated rings. The zero-order chi connectivity index (χ0) is 19.6. The second-order valence-electron chi connectivity index (χ2n) is 7.27. The van der Waals surface area contributed by atoms with Crippen molar-refractivity contribution in [3.63, 3.8) is 0 Å². The predicted molar refractivity (Wildman–Crippen MR) is 113 cm³/mol. The van der Waals surface area contributed by atoms with Crippen molar-refractivity contribution in [2.75, 3.05) is 24.2 Å². The largest absolute Gasteiger partial charge is 0.355 e. The number of nitrogens with one attached hydrogen (secondary N) is 1. The summed E-state index contributed by atoms with van der Waals surface area (Å²) < 4.78 is 25.2. The van der Waals surface area contributed by atoms with Crippen LogP contribution in [0.5, 0.6) is 0 Å². The molecule has 0 spiro atoms. The summed E-state index contributed by atoms with van der Waals surface area (Å²) in [6.07, 6.45) is 6.72. The maximum Gasteiger partial charge on any atom is 0.209 e. The quantitative estimate of drug-likeness (QED) is 0.716. The van der Waals surface area contributed by atoms with Gasteiger partial charge in [0.05, 0.1) is 23.5 Å². The molecule has 0 aliphatic carbocycles. The Labute approximate surface area is 165 Å². The Morgan fingerprint density at radius 2 is 1.79 bits per heavy atom. The normalized spacial score (nSPS) is 15.1. The molecular weight excluding hydrogens is 372 g/mol. The lowest BCUT2D eigenvalue weighted by molar-refractivity contribution is 0.573. The lowest BCUT2D eigenvalue weighted by Crippen LogP contribution is -2.30. The number of rotatable bonds is 5. The summed E-state index contributed by atoms with van der Waals surface area (Å²) in [7, 11) is -3.22. The van der Waals surface area contributed by atoms with Gasteiger partial charge in [-0.1, -0.05) is 24.3 Å². The minimum Gasteiger partial charge on any atom is -0.355 e. The van der Waals surface area contributed by atoms with Gasteiger partial charge in [-0.3, -0.25) is 4.98 Å². The molecule has 0 atom stereocenters.